The van der Waals surface area contributed by atoms with Crippen molar-refractivity contribution in [3.63, 3.8) is 0 Å². The number of piperidine rings is 1. The van der Waals surface area contributed by atoms with Gasteiger partial charge in [-0.05, 0) is 58.5 Å². The first-order valence-electron chi connectivity index (χ1n) is 6.48. The second-order valence-corrected chi connectivity index (χ2v) is 5.99. The number of rotatable bonds is 5. The fourth-order valence-electron chi connectivity index (χ4n) is 2.37. The first-order valence-corrected chi connectivity index (χ1v) is 6.48. The van der Waals surface area contributed by atoms with E-state index in [1.54, 1.807) is 0 Å². The van der Waals surface area contributed by atoms with Crippen molar-refractivity contribution in [3.8, 4) is 0 Å². The molecule has 0 radical (unpaired) electrons. The second kappa shape index (κ2) is 5.86. The van der Waals surface area contributed by atoms with Crippen molar-refractivity contribution in [1.82, 2.24) is 10.6 Å². The summed E-state index contributed by atoms with van der Waals surface area (Å²) >= 11 is 0. The molecule has 15 heavy (non-hydrogen) atoms. The van der Waals surface area contributed by atoms with E-state index in [0.29, 0.717) is 5.54 Å². The fourth-order valence-corrected chi connectivity index (χ4v) is 2.37. The Morgan fingerprint density at radius 2 is 2.13 bits per heavy atom. The molecule has 0 spiro atoms. The van der Waals surface area contributed by atoms with E-state index in [9.17, 15) is 0 Å². The first kappa shape index (κ1) is 13.0. The van der Waals surface area contributed by atoms with E-state index < -0.39 is 0 Å². The minimum Gasteiger partial charge on any atom is -0.314 e. The van der Waals surface area contributed by atoms with Crippen LogP contribution in [0.3, 0.4) is 0 Å². The van der Waals surface area contributed by atoms with Crippen LogP contribution in [0.4, 0.5) is 0 Å². The highest BCUT2D eigenvalue weighted by Crippen LogP contribution is 2.18. The molecule has 0 aromatic rings. The van der Waals surface area contributed by atoms with E-state index in [1.165, 1.54) is 32.2 Å². The third-order valence-corrected chi connectivity index (χ3v) is 3.24. The van der Waals surface area contributed by atoms with Crippen molar-refractivity contribution in [2.24, 2.45) is 5.92 Å². The lowest BCUT2D eigenvalue weighted by molar-refractivity contribution is 0.247. The lowest BCUT2D eigenvalue weighted by atomic mass is 9.89. The van der Waals surface area contributed by atoms with Crippen LogP contribution in [0.25, 0.3) is 0 Å². The molecule has 0 aromatic heterocycles. The maximum absolute atomic E-state index is 3.69. The summed E-state index contributed by atoms with van der Waals surface area (Å²) < 4.78 is 0. The van der Waals surface area contributed by atoms with Crippen LogP contribution < -0.4 is 10.6 Å². The quantitative estimate of drug-likeness (QED) is 0.684. The van der Waals surface area contributed by atoms with Crippen LogP contribution in [0.1, 0.15) is 53.4 Å². The van der Waals surface area contributed by atoms with E-state index in [1.807, 2.05) is 0 Å². The molecule has 1 aliphatic rings. The Hall–Kier alpha value is -0.0800. The van der Waals surface area contributed by atoms with Gasteiger partial charge in [0.15, 0.2) is 0 Å². The van der Waals surface area contributed by atoms with Crippen molar-refractivity contribution < 1.29 is 0 Å². The molecule has 1 rings (SSSR count). The number of hydrogen-bond acceptors (Lipinski definition) is 2. The second-order valence-electron chi connectivity index (χ2n) is 5.99. The molecular formula is C13H28N2. The average molecular weight is 212 g/mol. The van der Waals surface area contributed by atoms with Gasteiger partial charge in [0, 0.05) is 11.6 Å². The number of nitrogens with one attached hydrogen (secondary N) is 2. The lowest BCUT2D eigenvalue weighted by Crippen LogP contribution is -2.52. The molecule has 1 saturated heterocycles. The summed E-state index contributed by atoms with van der Waals surface area (Å²) in [4.78, 5) is 0. The van der Waals surface area contributed by atoms with E-state index in [2.05, 4.69) is 38.3 Å². The van der Waals surface area contributed by atoms with Gasteiger partial charge >= 0.3 is 0 Å². The van der Waals surface area contributed by atoms with Gasteiger partial charge in [-0.25, -0.2) is 0 Å². The van der Waals surface area contributed by atoms with Crippen LogP contribution in [-0.4, -0.2) is 24.7 Å². The third-order valence-electron chi connectivity index (χ3n) is 3.24. The molecule has 1 heterocycles. The Kier molecular flexibility index (Phi) is 5.07. The molecule has 0 saturated carbocycles. The molecule has 1 fully saturated rings. The normalized spacial score (nSPS) is 25.8. The Morgan fingerprint density at radius 3 is 2.73 bits per heavy atom. The van der Waals surface area contributed by atoms with Gasteiger partial charge in [-0.3, -0.25) is 0 Å². The van der Waals surface area contributed by atoms with Crippen molar-refractivity contribution in [2.45, 2.75) is 65.0 Å². The van der Waals surface area contributed by atoms with Crippen LogP contribution in [0, 0.1) is 5.92 Å². The van der Waals surface area contributed by atoms with Crippen LogP contribution >= 0.6 is 0 Å². The highest BCUT2D eigenvalue weighted by Gasteiger charge is 2.26. The van der Waals surface area contributed by atoms with Gasteiger partial charge in [0.25, 0.3) is 0 Å². The predicted octanol–water partition coefficient (Wildman–Crippen LogP) is 2.54. The van der Waals surface area contributed by atoms with Crippen LogP contribution in [0.2, 0.25) is 0 Å². The Bertz CT molecular complexity index is 175. The Labute approximate surface area is 95.2 Å². The molecule has 1 atom stereocenters. The smallest absolute Gasteiger partial charge is 0.0139 e. The zero-order valence-corrected chi connectivity index (χ0v) is 10.9. The standard InChI is InChI=1S/C13H28N2/c1-11(2)6-5-8-14-12-7-9-15-13(3,4)10-12/h11-12,14-15H,5-10H2,1-4H3. The molecule has 2 heteroatoms. The summed E-state index contributed by atoms with van der Waals surface area (Å²) in [6.07, 6.45) is 5.21. The minimum atomic E-state index is 0.327. The van der Waals surface area contributed by atoms with E-state index in [0.717, 1.165) is 18.5 Å². The van der Waals surface area contributed by atoms with Crippen LogP contribution in [0.15, 0.2) is 0 Å². The minimum absolute atomic E-state index is 0.327. The van der Waals surface area contributed by atoms with Gasteiger partial charge in [-0.1, -0.05) is 13.8 Å². The third kappa shape index (κ3) is 5.53. The van der Waals surface area contributed by atoms with Crippen LogP contribution in [-0.2, 0) is 0 Å². The van der Waals surface area contributed by atoms with Crippen molar-refractivity contribution in [1.29, 1.82) is 0 Å². The van der Waals surface area contributed by atoms with Gasteiger partial charge in [0.1, 0.15) is 0 Å². The largest absolute Gasteiger partial charge is 0.314 e. The summed E-state index contributed by atoms with van der Waals surface area (Å²) in [7, 11) is 0. The average Bonchev–Trinajstić information content (AvgIpc) is 2.10. The zero-order valence-electron chi connectivity index (χ0n) is 10.9. The molecule has 1 unspecified atom stereocenters. The summed E-state index contributed by atoms with van der Waals surface area (Å²) in [5.41, 5.74) is 0.327. The molecule has 2 nitrogen and oxygen atoms in total. The highest BCUT2D eigenvalue weighted by molar-refractivity contribution is 4.89. The SMILES string of the molecule is CC(C)CCCNC1CCNC(C)(C)C1. The van der Waals surface area contributed by atoms with Crippen LogP contribution in [0.5, 0.6) is 0 Å². The lowest BCUT2D eigenvalue weighted by Gasteiger charge is -2.37. The molecule has 1 aliphatic heterocycles. The monoisotopic (exact) mass is 212 g/mol. The first-order chi connectivity index (χ1) is 6.99. The maximum Gasteiger partial charge on any atom is 0.0139 e. The maximum atomic E-state index is 3.69. The summed E-state index contributed by atoms with van der Waals surface area (Å²) in [6.45, 7) is 11.6. The molecule has 2 N–H and O–H groups in total. The molecule has 90 valence electrons. The van der Waals surface area contributed by atoms with Crippen molar-refractivity contribution >= 4 is 0 Å². The Balaban J connectivity index is 2.11. The van der Waals surface area contributed by atoms with Gasteiger partial charge in [0.2, 0.25) is 0 Å². The molecule has 0 amide bonds. The predicted molar refractivity (Wildman–Crippen MR) is 67.2 cm³/mol. The zero-order chi connectivity index (χ0) is 11.3. The summed E-state index contributed by atoms with van der Waals surface area (Å²) in [6, 6.07) is 0.730. The van der Waals surface area contributed by atoms with E-state index in [-0.39, 0.29) is 0 Å². The summed E-state index contributed by atoms with van der Waals surface area (Å²) in [5.74, 6) is 0.844. The van der Waals surface area contributed by atoms with Gasteiger partial charge in [-0.2, -0.15) is 0 Å². The fraction of sp³-hybridized carbons (Fsp3) is 1.00. The molecule has 0 bridgehead atoms. The summed E-state index contributed by atoms with van der Waals surface area (Å²) in [5, 5.41) is 7.25. The van der Waals surface area contributed by atoms with E-state index in [4.69, 9.17) is 0 Å². The topological polar surface area (TPSA) is 24.1 Å². The highest BCUT2D eigenvalue weighted by atomic mass is 15.0. The van der Waals surface area contributed by atoms with Crippen molar-refractivity contribution in [2.75, 3.05) is 13.1 Å². The van der Waals surface area contributed by atoms with Crippen molar-refractivity contribution in [3.05, 3.63) is 0 Å². The molecule has 0 aromatic carbocycles. The molecular weight excluding hydrogens is 184 g/mol. The van der Waals surface area contributed by atoms with Gasteiger partial charge < -0.3 is 10.6 Å². The van der Waals surface area contributed by atoms with E-state index >= 15 is 0 Å². The van der Waals surface area contributed by atoms with Gasteiger partial charge in [0.05, 0.1) is 0 Å². The molecule has 0 aliphatic carbocycles. The number of hydrogen-bond donors (Lipinski definition) is 2. The Morgan fingerprint density at radius 1 is 1.40 bits per heavy atom. The van der Waals surface area contributed by atoms with Gasteiger partial charge in [-0.15, -0.1) is 0 Å².